The van der Waals surface area contributed by atoms with Gasteiger partial charge in [-0.2, -0.15) is 0 Å². The number of nitrogens with one attached hydrogen (secondary N) is 1. The number of rotatable bonds is 21. The Morgan fingerprint density at radius 3 is 1.79 bits per heavy atom. The summed E-state index contributed by atoms with van der Waals surface area (Å²) >= 11 is 4.38. The molecule has 0 aliphatic rings. The Morgan fingerprint density at radius 2 is 1.25 bits per heavy atom. The Kier molecular flexibility index (Phi) is 20.3. The molecule has 0 saturated carbocycles. The van der Waals surface area contributed by atoms with Crippen molar-refractivity contribution in [2.45, 2.75) is 116 Å². The summed E-state index contributed by atoms with van der Waals surface area (Å²) in [5.41, 5.74) is 0. The van der Waals surface area contributed by atoms with Gasteiger partial charge >= 0.3 is 6.72 Å². The Bertz CT molecular complexity index is 404. The van der Waals surface area contributed by atoms with E-state index in [0.717, 1.165) is 45.1 Å². The van der Waals surface area contributed by atoms with Gasteiger partial charge in [-0.25, -0.2) is 0 Å². The van der Waals surface area contributed by atoms with Gasteiger partial charge in [0, 0.05) is 13.0 Å². The topological polar surface area (TPSA) is 78.8 Å². The molecule has 0 aromatic rings. The number of carbonyl (C=O) groups is 1. The molecule has 0 radical (unpaired) electrons. The Morgan fingerprint density at radius 1 is 0.786 bits per heavy atom. The molecule has 0 aliphatic carbocycles. The second-order valence-corrected chi connectivity index (χ2v) is 10.4. The van der Waals surface area contributed by atoms with E-state index in [1.54, 1.807) is 0 Å². The van der Waals surface area contributed by atoms with E-state index < -0.39 is 6.72 Å². The van der Waals surface area contributed by atoms with E-state index in [0.29, 0.717) is 6.42 Å². The van der Waals surface area contributed by atoms with Crippen molar-refractivity contribution in [3.8, 4) is 0 Å². The first-order chi connectivity index (χ1) is 13.5. The molecule has 5 nitrogen and oxygen atoms in total. The average molecular weight is 438 g/mol. The van der Waals surface area contributed by atoms with Gasteiger partial charge in [0.15, 0.2) is 0 Å². The molecular formula is C21H44NO4PS. The second kappa shape index (κ2) is 20.3. The summed E-state index contributed by atoms with van der Waals surface area (Å²) in [6.45, 7) is -0.227. The van der Waals surface area contributed by atoms with Crippen molar-refractivity contribution in [2.75, 3.05) is 13.2 Å². The predicted molar refractivity (Wildman–Crippen MR) is 122 cm³/mol. The third kappa shape index (κ3) is 24.0. The molecule has 0 atom stereocenters. The molecule has 1 amide bonds. The fourth-order valence-electron chi connectivity index (χ4n) is 3.21. The van der Waals surface area contributed by atoms with Crippen molar-refractivity contribution < 1.29 is 19.1 Å². The van der Waals surface area contributed by atoms with E-state index in [9.17, 15) is 4.79 Å². The van der Waals surface area contributed by atoms with E-state index in [1.807, 2.05) is 0 Å². The average Bonchev–Trinajstić information content (AvgIpc) is 2.64. The molecular weight excluding hydrogens is 393 g/mol. The highest BCUT2D eigenvalue weighted by Gasteiger charge is 2.06. The summed E-state index contributed by atoms with van der Waals surface area (Å²) in [4.78, 5) is 29.6. The number of hydrogen-bond donors (Lipinski definition) is 3. The molecule has 0 rings (SSSR count). The zero-order chi connectivity index (χ0) is 20.9. The Hall–Kier alpha value is -0.0000000000000000833. The molecule has 28 heavy (non-hydrogen) atoms. The molecule has 3 N–H and O–H groups in total. The third-order valence-corrected chi connectivity index (χ3v) is 5.75. The molecule has 7 heteroatoms. The first-order valence-electron chi connectivity index (χ1n) is 11.4. The van der Waals surface area contributed by atoms with Gasteiger partial charge in [0.1, 0.15) is 0 Å². The lowest BCUT2D eigenvalue weighted by Gasteiger charge is -2.08. The molecule has 0 spiro atoms. The van der Waals surface area contributed by atoms with Crippen molar-refractivity contribution in [2.24, 2.45) is 0 Å². The van der Waals surface area contributed by atoms with Crippen LogP contribution in [0.5, 0.6) is 0 Å². The van der Waals surface area contributed by atoms with Gasteiger partial charge in [0.2, 0.25) is 5.91 Å². The molecule has 0 unspecified atom stereocenters. The predicted octanol–water partition coefficient (Wildman–Crippen LogP) is 5.98. The minimum atomic E-state index is -3.49. The zero-order valence-corrected chi connectivity index (χ0v) is 19.7. The number of amides is 1. The molecule has 0 aromatic carbocycles. The van der Waals surface area contributed by atoms with Crippen LogP contribution in [0.25, 0.3) is 0 Å². The lowest BCUT2D eigenvalue weighted by molar-refractivity contribution is -0.121. The molecule has 0 fully saturated rings. The van der Waals surface area contributed by atoms with Crippen LogP contribution in [0.3, 0.4) is 0 Å². The summed E-state index contributed by atoms with van der Waals surface area (Å²) in [5.74, 6) is 0.164. The summed E-state index contributed by atoms with van der Waals surface area (Å²) in [6.07, 6.45) is 20.0. The van der Waals surface area contributed by atoms with Crippen molar-refractivity contribution in [3.05, 3.63) is 0 Å². The first-order valence-corrected chi connectivity index (χ1v) is 14.0. The van der Waals surface area contributed by atoms with Gasteiger partial charge in [0.05, 0.1) is 6.61 Å². The maximum atomic E-state index is 11.8. The van der Waals surface area contributed by atoms with Crippen LogP contribution in [0.2, 0.25) is 0 Å². The molecule has 0 heterocycles. The summed E-state index contributed by atoms with van der Waals surface area (Å²) in [6, 6.07) is 0. The minimum Gasteiger partial charge on any atom is -0.356 e. The second-order valence-electron chi connectivity index (χ2n) is 7.73. The van der Waals surface area contributed by atoms with Gasteiger partial charge in [-0.15, -0.1) is 0 Å². The fourth-order valence-corrected chi connectivity index (χ4v) is 3.80. The van der Waals surface area contributed by atoms with Crippen LogP contribution in [-0.4, -0.2) is 28.8 Å². The van der Waals surface area contributed by atoms with Crippen molar-refractivity contribution in [1.29, 1.82) is 0 Å². The maximum absolute atomic E-state index is 11.8. The van der Waals surface area contributed by atoms with Crippen LogP contribution in [0, 0.1) is 0 Å². The maximum Gasteiger partial charge on any atom is 0.321 e. The lowest BCUT2D eigenvalue weighted by Crippen LogP contribution is -2.23. The van der Waals surface area contributed by atoms with Gasteiger partial charge in [0.25, 0.3) is 0 Å². The monoisotopic (exact) mass is 437 g/mol. The standard InChI is InChI=1S/C21H44NO4PS/c1-2-3-4-5-6-7-8-9-10-11-12-15-18-21(23)22-19-16-13-14-17-20-26-27(24,25)28/h2-20H2,1H3,(H,22,23)(H2,24,25,28). The van der Waals surface area contributed by atoms with E-state index >= 15 is 0 Å². The molecule has 0 aromatic heterocycles. The quantitative estimate of drug-likeness (QED) is 0.152. The van der Waals surface area contributed by atoms with Crippen LogP contribution >= 0.6 is 6.72 Å². The minimum absolute atomic E-state index is 0.164. The first kappa shape index (κ1) is 28.0. The van der Waals surface area contributed by atoms with Crippen LogP contribution < -0.4 is 5.32 Å². The molecule has 0 saturated heterocycles. The zero-order valence-electron chi connectivity index (χ0n) is 18.0. The third-order valence-electron chi connectivity index (χ3n) is 4.91. The number of unbranched alkanes of at least 4 members (excludes halogenated alkanes) is 14. The fraction of sp³-hybridized carbons (Fsp3) is 0.952. The highest BCUT2D eigenvalue weighted by molar-refractivity contribution is 8.06. The van der Waals surface area contributed by atoms with Crippen molar-refractivity contribution >= 4 is 24.4 Å². The Labute approximate surface area is 178 Å². The van der Waals surface area contributed by atoms with E-state index in [4.69, 9.17) is 14.3 Å². The van der Waals surface area contributed by atoms with Crippen LogP contribution in [-0.2, 0) is 21.1 Å². The molecule has 0 aliphatic heterocycles. The summed E-state index contributed by atoms with van der Waals surface area (Å²) < 4.78 is 4.75. The van der Waals surface area contributed by atoms with Crippen molar-refractivity contribution in [3.63, 3.8) is 0 Å². The number of hydrogen-bond acceptors (Lipinski definition) is 3. The van der Waals surface area contributed by atoms with E-state index in [2.05, 4.69) is 24.0 Å². The van der Waals surface area contributed by atoms with Crippen molar-refractivity contribution in [1.82, 2.24) is 5.32 Å². The summed E-state index contributed by atoms with van der Waals surface area (Å²) in [5, 5.41) is 2.98. The van der Waals surface area contributed by atoms with Gasteiger partial charge in [-0.05, 0) is 31.1 Å². The van der Waals surface area contributed by atoms with E-state index in [1.165, 1.54) is 64.2 Å². The Balaban J connectivity index is 3.20. The smallest absolute Gasteiger partial charge is 0.321 e. The van der Waals surface area contributed by atoms with Gasteiger partial charge in [-0.3, -0.25) is 4.79 Å². The highest BCUT2D eigenvalue weighted by atomic mass is 32.5. The normalized spacial score (nSPS) is 11.7. The molecule has 168 valence electrons. The lowest BCUT2D eigenvalue weighted by atomic mass is 10.0. The van der Waals surface area contributed by atoms with E-state index in [-0.39, 0.29) is 12.5 Å². The highest BCUT2D eigenvalue weighted by Crippen LogP contribution is 2.36. The number of carbonyl (C=O) groups excluding carboxylic acids is 1. The van der Waals surface area contributed by atoms with Crippen LogP contribution in [0.4, 0.5) is 0 Å². The SMILES string of the molecule is CCCCCCCCCCCCCCC(=O)NCCCCCCOP(O)(O)=S. The van der Waals surface area contributed by atoms with Crippen LogP contribution in [0.1, 0.15) is 116 Å². The van der Waals surface area contributed by atoms with Gasteiger partial charge in [-0.1, -0.05) is 90.4 Å². The summed E-state index contributed by atoms with van der Waals surface area (Å²) in [7, 11) is 0. The largest absolute Gasteiger partial charge is 0.356 e. The van der Waals surface area contributed by atoms with Crippen LogP contribution in [0.15, 0.2) is 0 Å². The van der Waals surface area contributed by atoms with Gasteiger partial charge < -0.3 is 19.6 Å². The molecule has 0 bridgehead atoms.